The lowest BCUT2D eigenvalue weighted by atomic mass is 9.41. The second-order valence-electron chi connectivity index (χ2n) is 18.4. The van der Waals surface area contributed by atoms with Gasteiger partial charge in [-0.1, -0.05) is 158 Å². The average Bonchev–Trinajstić information content (AvgIpc) is 3.24. The quantitative estimate of drug-likeness (QED) is 0.170. The third-order valence-electron chi connectivity index (χ3n) is 10.5. The summed E-state index contributed by atoms with van der Waals surface area (Å²) in [6, 6.07) is 28.6. The highest BCUT2D eigenvalue weighted by Crippen LogP contribution is 2.45. The number of nitrogens with zero attached hydrogens (tertiary/aromatic N) is 1. The van der Waals surface area contributed by atoms with Crippen LogP contribution in [0.25, 0.3) is 21.8 Å². The van der Waals surface area contributed by atoms with Crippen LogP contribution < -0.4 is 10.9 Å². The molecule has 0 amide bonds. The molecule has 0 unspecified atom stereocenters. The zero-order valence-electron chi connectivity index (χ0n) is 30.5. The summed E-state index contributed by atoms with van der Waals surface area (Å²) in [4.78, 5) is 0. The van der Waals surface area contributed by atoms with Crippen molar-refractivity contribution in [2.45, 2.75) is 124 Å². The van der Waals surface area contributed by atoms with E-state index in [2.05, 4.69) is 174 Å². The summed E-state index contributed by atoms with van der Waals surface area (Å²) in [6.07, 6.45) is 0. The summed E-state index contributed by atoms with van der Waals surface area (Å²) in [5, 5.41) is 2.78. The van der Waals surface area contributed by atoms with E-state index in [1.165, 1.54) is 66.1 Å². The first-order valence-corrected chi connectivity index (χ1v) is 17.0. The molecular formula is C43H54BN. The fourth-order valence-corrected chi connectivity index (χ4v) is 7.78. The topological polar surface area (TPSA) is 4.93 Å². The van der Waals surface area contributed by atoms with Crippen LogP contribution in [0.5, 0.6) is 0 Å². The molecule has 1 aromatic heterocycles. The minimum atomic E-state index is -0.0824. The van der Waals surface area contributed by atoms with Crippen LogP contribution in [0.4, 0.5) is 0 Å². The van der Waals surface area contributed by atoms with Crippen LogP contribution in [-0.2, 0) is 27.1 Å². The van der Waals surface area contributed by atoms with Crippen LogP contribution in [0.3, 0.4) is 0 Å². The zero-order chi connectivity index (χ0) is 33.1. The van der Waals surface area contributed by atoms with E-state index < -0.39 is 0 Å². The Labute approximate surface area is 273 Å². The second kappa shape index (κ2) is 9.87. The van der Waals surface area contributed by atoms with Gasteiger partial charge in [0, 0.05) is 27.2 Å². The van der Waals surface area contributed by atoms with Gasteiger partial charge in [-0.05, 0) is 78.1 Å². The van der Waals surface area contributed by atoms with Crippen LogP contribution in [0.2, 0.25) is 0 Å². The third-order valence-corrected chi connectivity index (χ3v) is 10.5. The monoisotopic (exact) mass is 595 g/mol. The van der Waals surface area contributed by atoms with Crippen LogP contribution in [0.1, 0.15) is 130 Å². The molecule has 0 fully saturated rings. The molecule has 1 aliphatic heterocycles. The number of aromatic nitrogens is 1. The maximum atomic E-state index is 2.79. The van der Waals surface area contributed by atoms with Crippen molar-refractivity contribution in [3.05, 3.63) is 106 Å². The van der Waals surface area contributed by atoms with Crippen LogP contribution in [0, 0.1) is 0 Å². The van der Waals surface area contributed by atoms with Gasteiger partial charge in [-0.25, -0.2) is 0 Å². The molecule has 234 valence electrons. The maximum absolute atomic E-state index is 2.79. The van der Waals surface area contributed by atoms with Crippen molar-refractivity contribution in [3.63, 3.8) is 0 Å². The number of fused-ring (bicyclic) bond motifs is 5. The predicted molar refractivity (Wildman–Crippen MR) is 200 cm³/mol. The molecule has 2 heterocycles. The van der Waals surface area contributed by atoms with Gasteiger partial charge >= 0.3 is 6.85 Å². The fourth-order valence-electron chi connectivity index (χ4n) is 7.78. The molecule has 5 aromatic rings. The molecule has 4 aromatic carbocycles. The molecule has 6 rings (SSSR count). The number of benzene rings is 4. The lowest BCUT2D eigenvalue weighted by Gasteiger charge is -2.40. The van der Waals surface area contributed by atoms with Gasteiger partial charge in [0.05, 0.1) is 0 Å². The highest BCUT2D eigenvalue weighted by Gasteiger charge is 2.43. The summed E-state index contributed by atoms with van der Waals surface area (Å²) < 4.78 is 2.79. The number of hydrogen-bond acceptors (Lipinski definition) is 0. The van der Waals surface area contributed by atoms with Gasteiger partial charge in [-0.2, -0.15) is 0 Å². The van der Waals surface area contributed by atoms with Crippen molar-refractivity contribution in [3.8, 4) is 0 Å². The molecule has 0 saturated heterocycles. The Morgan fingerprint density at radius 3 is 1.18 bits per heavy atom. The highest BCUT2D eigenvalue weighted by atomic mass is 14.9. The van der Waals surface area contributed by atoms with Crippen LogP contribution >= 0.6 is 0 Å². The van der Waals surface area contributed by atoms with Crippen LogP contribution in [-0.4, -0.2) is 11.3 Å². The van der Waals surface area contributed by atoms with Crippen molar-refractivity contribution in [2.24, 2.45) is 0 Å². The highest BCUT2D eigenvalue weighted by molar-refractivity contribution is 6.86. The summed E-state index contributed by atoms with van der Waals surface area (Å²) in [5.74, 6) is 0. The Balaban J connectivity index is 1.94. The van der Waals surface area contributed by atoms with Crippen LogP contribution in [0.15, 0.2) is 72.8 Å². The minimum absolute atomic E-state index is 0.0329. The van der Waals surface area contributed by atoms with Crippen molar-refractivity contribution in [1.82, 2.24) is 4.48 Å². The Bertz CT molecular complexity index is 1820. The molecular weight excluding hydrogens is 541 g/mol. The van der Waals surface area contributed by atoms with E-state index in [4.69, 9.17) is 0 Å². The fraction of sp³-hybridized carbons (Fsp3) is 0.442. The predicted octanol–water partition coefficient (Wildman–Crippen LogP) is 10.3. The van der Waals surface area contributed by atoms with E-state index >= 15 is 0 Å². The summed E-state index contributed by atoms with van der Waals surface area (Å²) in [5.41, 5.74) is 14.0. The van der Waals surface area contributed by atoms with E-state index in [1.54, 1.807) is 0 Å². The van der Waals surface area contributed by atoms with Gasteiger partial charge < -0.3 is 4.48 Å². The van der Waals surface area contributed by atoms with Gasteiger partial charge in [-0.3, -0.25) is 0 Å². The summed E-state index contributed by atoms with van der Waals surface area (Å²) >= 11 is 0. The Morgan fingerprint density at radius 2 is 0.844 bits per heavy atom. The molecule has 1 aliphatic rings. The zero-order valence-corrected chi connectivity index (χ0v) is 30.5. The average molecular weight is 596 g/mol. The van der Waals surface area contributed by atoms with Crippen molar-refractivity contribution < 1.29 is 0 Å². The van der Waals surface area contributed by atoms with E-state index in [1.807, 2.05) is 0 Å². The van der Waals surface area contributed by atoms with E-state index in [0.29, 0.717) is 0 Å². The standard InChI is InChI=1S/C43H54BN/c1-39(2,3)27-23-29-30-24-28(40(4,5)6)26-34(42(10,11)12)38(30)45(37(29)33(25-27)41(7,8)9)44-35-21-17-15-19-31(35)43(13,14)32-20-16-18-22-36(32)44/h15-26H,1-14H3. The maximum Gasteiger partial charge on any atom is 0.328 e. The molecule has 0 saturated carbocycles. The molecule has 0 spiro atoms. The summed E-state index contributed by atoms with van der Waals surface area (Å²) in [6.45, 7) is 33.4. The van der Waals surface area contributed by atoms with Gasteiger partial charge in [-0.15, -0.1) is 0 Å². The molecule has 2 heteroatoms. The molecule has 0 radical (unpaired) electrons. The lowest BCUT2D eigenvalue weighted by molar-refractivity contribution is 0.571. The minimum Gasteiger partial charge on any atom is -0.375 e. The first kappa shape index (κ1) is 31.7. The van der Waals surface area contributed by atoms with Crippen molar-refractivity contribution in [1.29, 1.82) is 0 Å². The van der Waals surface area contributed by atoms with Gasteiger partial charge in [0.2, 0.25) is 0 Å². The number of hydrogen-bond donors (Lipinski definition) is 0. The SMILES string of the molecule is CC(C)(C)c1cc(C(C)(C)C)c2c(c1)c1cc(C(C)(C)C)cc(C(C)(C)C)c1n2B1c2ccccc2C(C)(C)c2ccccc21. The van der Waals surface area contributed by atoms with Gasteiger partial charge in [0.15, 0.2) is 0 Å². The number of rotatable bonds is 1. The lowest BCUT2D eigenvalue weighted by Crippen LogP contribution is -2.58. The smallest absolute Gasteiger partial charge is 0.328 e. The molecule has 45 heavy (non-hydrogen) atoms. The largest absolute Gasteiger partial charge is 0.375 e. The first-order valence-electron chi connectivity index (χ1n) is 17.0. The van der Waals surface area contributed by atoms with Gasteiger partial charge in [0.25, 0.3) is 0 Å². The van der Waals surface area contributed by atoms with E-state index in [-0.39, 0.29) is 33.9 Å². The van der Waals surface area contributed by atoms with Gasteiger partial charge in [0.1, 0.15) is 0 Å². The Morgan fingerprint density at radius 1 is 0.489 bits per heavy atom. The van der Waals surface area contributed by atoms with Crippen molar-refractivity contribution >= 4 is 39.6 Å². The molecule has 0 atom stereocenters. The normalized spacial score (nSPS) is 15.5. The molecule has 0 bridgehead atoms. The molecule has 0 N–H and O–H groups in total. The van der Waals surface area contributed by atoms with Crippen molar-refractivity contribution in [2.75, 3.05) is 0 Å². The first-order chi connectivity index (χ1) is 20.6. The van der Waals surface area contributed by atoms with E-state index in [0.717, 1.165) is 0 Å². The third kappa shape index (κ3) is 4.99. The molecule has 1 nitrogen and oxygen atoms in total. The molecule has 0 aliphatic carbocycles. The second-order valence-corrected chi connectivity index (χ2v) is 18.4. The van der Waals surface area contributed by atoms with E-state index in [9.17, 15) is 0 Å². The Hall–Kier alpha value is -3.26. The Kier molecular flexibility index (Phi) is 6.96. The summed E-state index contributed by atoms with van der Waals surface area (Å²) in [7, 11) is 0.